The Morgan fingerprint density at radius 3 is 2.87 bits per heavy atom. The molecule has 0 bridgehead atoms. The number of anilines is 1. The Hall–Kier alpha value is -3.38. The molecule has 31 heavy (non-hydrogen) atoms. The summed E-state index contributed by atoms with van der Waals surface area (Å²) < 4.78 is 6.15. The number of amides is 1. The molecule has 3 rings (SSSR count). The van der Waals surface area contributed by atoms with Gasteiger partial charge in [-0.05, 0) is 32.0 Å². The third kappa shape index (κ3) is 5.22. The van der Waals surface area contributed by atoms with Crippen LogP contribution < -0.4 is 15.0 Å². The molecule has 0 aliphatic carbocycles. The summed E-state index contributed by atoms with van der Waals surface area (Å²) in [5.74, 6) is 0.500. The Balaban J connectivity index is 1.98. The number of halogens is 1. The second-order valence-corrected chi connectivity index (χ2v) is 7.33. The van der Waals surface area contributed by atoms with Crippen molar-refractivity contribution in [3.8, 4) is 5.75 Å². The normalized spacial score (nSPS) is 11.0. The molecule has 0 saturated heterocycles. The van der Waals surface area contributed by atoms with Crippen molar-refractivity contribution in [1.29, 1.82) is 0 Å². The lowest BCUT2D eigenvalue weighted by molar-refractivity contribution is -0.119. The number of allylic oxidation sites excluding steroid dienone is 1. The number of hydrogen-bond acceptors (Lipinski definition) is 5. The molecule has 0 fully saturated rings. The molecule has 1 N–H and O–H groups in total. The average molecular weight is 437 g/mol. The number of nitrogens with zero attached hydrogens (tertiary/aromatic N) is 3. The lowest BCUT2D eigenvalue weighted by Gasteiger charge is -2.19. The standard InChI is InChI=1S/C24H25ClN4O2/c1-5-12-29(6-2)22-13-16(3)28-24-18(22)8-7-9-23(24)31-15-19-20(25)10-11-26-21(19)14-27-17(4)30/h5-13H,2,14-15H2,1,3-4H3,(H,27,30)/b12-5-. The van der Waals surface area contributed by atoms with Crippen LogP contribution in [0, 0.1) is 6.92 Å². The number of ether oxygens (including phenoxy) is 1. The summed E-state index contributed by atoms with van der Waals surface area (Å²) in [4.78, 5) is 22.3. The highest BCUT2D eigenvalue weighted by atomic mass is 35.5. The van der Waals surface area contributed by atoms with Crippen molar-refractivity contribution in [2.45, 2.75) is 33.9 Å². The van der Waals surface area contributed by atoms with Crippen LogP contribution in [-0.2, 0) is 17.9 Å². The first-order chi connectivity index (χ1) is 14.9. The van der Waals surface area contributed by atoms with E-state index in [1.165, 1.54) is 6.92 Å². The van der Waals surface area contributed by atoms with Crippen LogP contribution in [0.5, 0.6) is 5.75 Å². The number of aromatic nitrogens is 2. The molecule has 1 amide bonds. The van der Waals surface area contributed by atoms with E-state index in [0.717, 1.165) is 27.8 Å². The summed E-state index contributed by atoms with van der Waals surface area (Å²) in [5.41, 5.74) is 3.97. The molecule has 6 nitrogen and oxygen atoms in total. The maximum Gasteiger partial charge on any atom is 0.217 e. The minimum atomic E-state index is -0.136. The lowest BCUT2D eigenvalue weighted by atomic mass is 10.1. The highest BCUT2D eigenvalue weighted by molar-refractivity contribution is 6.31. The summed E-state index contributed by atoms with van der Waals surface area (Å²) in [6, 6.07) is 9.53. The third-order valence-corrected chi connectivity index (χ3v) is 5.01. The van der Waals surface area contributed by atoms with Crippen LogP contribution in [0.1, 0.15) is 30.8 Å². The first kappa shape index (κ1) is 22.3. The van der Waals surface area contributed by atoms with Crippen LogP contribution in [0.25, 0.3) is 10.9 Å². The number of benzene rings is 1. The minimum absolute atomic E-state index is 0.136. The van der Waals surface area contributed by atoms with E-state index >= 15 is 0 Å². The topological polar surface area (TPSA) is 67.3 Å². The van der Waals surface area contributed by atoms with E-state index in [-0.39, 0.29) is 19.1 Å². The molecule has 0 aliphatic rings. The molecule has 0 spiro atoms. The van der Waals surface area contributed by atoms with Crippen molar-refractivity contribution in [1.82, 2.24) is 15.3 Å². The molecule has 0 radical (unpaired) electrons. The zero-order valence-corrected chi connectivity index (χ0v) is 18.6. The Morgan fingerprint density at radius 1 is 1.35 bits per heavy atom. The van der Waals surface area contributed by atoms with E-state index in [0.29, 0.717) is 16.5 Å². The highest BCUT2D eigenvalue weighted by Crippen LogP contribution is 2.33. The van der Waals surface area contributed by atoms with Gasteiger partial charge in [-0.2, -0.15) is 0 Å². The second kappa shape index (κ2) is 10.1. The van der Waals surface area contributed by atoms with Crippen LogP contribution in [0.3, 0.4) is 0 Å². The van der Waals surface area contributed by atoms with Gasteiger partial charge in [0.15, 0.2) is 0 Å². The van der Waals surface area contributed by atoms with Gasteiger partial charge in [0.1, 0.15) is 17.9 Å². The Morgan fingerprint density at radius 2 is 2.16 bits per heavy atom. The molecule has 0 saturated carbocycles. The van der Waals surface area contributed by atoms with Crippen molar-refractivity contribution >= 4 is 34.1 Å². The predicted octanol–water partition coefficient (Wildman–Crippen LogP) is 5.29. The van der Waals surface area contributed by atoms with Crippen LogP contribution in [0.15, 0.2) is 61.6 Å². The maximum atomic E-state index is 11.3. The fourth-order valence-electron chi connectivity index (χ4n) is 3.23. The third-order valence-electron chi connectivity index (χ3n) is 4.66. The summed E-state index contributed by atoms with van der Waals surface area (Å²) in [5, 5.41) is 4.23. The van der Waals surface area contributed by atoms with Gasteiger partial charge in [-0.25, -0.2) is 4.98 Å². The second-order valence-electron chi connectivity index (χ2n) is 6.92. The van der Waals surface area contributed by atoms with Crippen LogP contribution >= 0.6 is 11.6 Å². The zero-order valence-electron chi connectivity index (χ0n) is 17.9. The van der Waals surface area contributed by atoms with Gasteiger partial charge in [0, 0.05) is 42.2 Å². The van der Waals surface area contributed by atoms with E-state index in [1.54, 1.807) is 18.5 Å². The number of carbonyl (C=O) groups is 1. The number of carbonyl (C=O) groups excluding carboxylic acids is 1. The quantitative estimate of drug-likeness (QED) is 0.519. The number of para-hydroxylation sites is 1. The van der Waals surface area contributed by atoms with Crippen molar-refractivity contribution in [3.63, 3.8) is 0 Å². The summed E-state index contributed by atoms with van der Waals surface area (Å²) in [6.45, 7) is 9.75. The lowest BCUT2D eigenvalue weighted by Crippen LogP contribution is -2.21. The largest absolute Gasteiger partial charge is 0.486 e. The van der Waals surface area contributed by atoms with Gasteiger partial charge in [-0.15, -0.1) is 0 Å². The van der Waals surface area contributed by atoms with Gasteiger partial charge in [-0.3, -0.25) is 9.78 Å². The molecule has 7 heteroatoms. The SMILES string of the molecule is C=CN(/C=C\C)c1cc(C)nc2c(OCc3c(Cl)ccnc3CNC(C)=O)cccc12. The molecule has 160 valence electrons. The molecular formula is C24H25ClN4O2. The van der Waals surface area contributed by atoms with Crippen molar-refractivity contribution < 1.29 is 9.53 Å². The van der Waals surface area contributed by atoms with Crippen molar-refractivity contribution in [2.75, 3.05) is 4.90 Å². The van der Waals surface area contributed by atoms with Crippen LogP contribution in [-0.4, -0.2) is 15.9 Å². The van der Waals surface area contributed by atoms with Gasteiger partial charge in [0.25, 0.3) is 0 Å². The Kier molecular flexibility index (Phi) is 7.26. The van der Waals surface area contributed by atoms with E-state index in [9.17, 15) is 4.79 Å². The van der Waals surface area contributed by atoms with Gasteiger partial charge in [-0.1, -0.05) is 36.4 Å². The minimum Gasteiger partial charge on any atom is -0.486 e. The predicted molar refractivity (Wildman–Crippen MR) is 125 cm³/mol. The molecule has 2 heterocycles. The number of rotatable bonds is 8. The average Bonchev–Trinajstić information content (AvgIpc) is 2.75. The fraction of sp³-hybridized carbons (Fsp3) is 0.208. The van der Waals surface area contributed by atoms with Gasteiger partial charge >= 0.3 is 0 Å². The number of hydrogen-bond donors (Lipinski definition) is 1. The molecule has 1 aromatic carbocycles. The van der Waals surface area contributed by atoms with Gasteiger partial charge in [0.2, 0.25) is 5.91 Å². The van der Waals surface area contributed by atoms with Crippen LogP contribution in [0.2, 0.25) is 5.02 Å². The molecular weight excluding hydrogens is 412 g/mol. The Labute approximate surface area is 187 Å². The van der Waals surface area contributed by atoms with Crippen molar-refractivity contribution in [2.24, 2.45) is 0 Å². The number of nitrogens with one attached hydrogen (secondary N) is 1. The van der Waals surface area contributed by atoms with Gasteiger partial charge in [0.05, 0.1) is 22.9 Å². The number of fused-ring (bicyclic) bond motifs is 1. The zero-order chi connectivity index (χ0) is 22.4. The van der Waals surface area contributed by atoms with E-state index in [4.69, 9.17) is 21.3 Å². The first-order valence-corrected chi connectivity index (χ1v) is 10.3. The van der Waals surface area contributed by atoms with E-state index in [2.05, 4.69) is 16.9 Å². The first-order valence-electron chi connectivity index (χ1n) is 9.88. The Bertz CT molecular complexity index is 1140. The summed E-state index contributed by atoms with van der Waals surface area (Å²) >= 11 is 6.40. The maximum absolute atomic E-state index is 11.3. The molecule has 0 unspecified atom stereocenters. The number of aryl methyl sites for hydroxylation is 1. The summed E-state index contributed by atoms with van der Waals surface area (Å²) in [7, 11) is 0. The molecule has 3 aromatic rings. The number of pyridine rings is 2. The fourth-order valence-corrected chi connectivity index (χ4v) is 3.45. The van der Waals surface area contributed by atoms with Gasteiger partial charge < -0.3 is 15.0 Å². The van der Waals surface area contributed by atoms with E-state index in [1.807, 2.05) is 55.3 Å². The monoisotopic (exact) mass is 436 g/mol. The van der Waals surface area contributed by atoms with Crippen LogP contribution in [0.4, 0.5) is 5.69 Å². The highest BCUT2D eigenvalue weighted by Gasteiger charge is 2.14. The summed E-state index contributed by atoms with van der Waals surface area (Å²) in [6.07, 6.45) is 7.26. The van der Waals surface area contributed by atoms with E-state index < -0.39 is 0 Å². The molecule has 0 atom stereocenters. The van der Waals surface area contributed by atoms with Crippen molar-refractivity contribution in [3.05, 3.63) is 83.6 Å². The molecule has 0 aliphatic heterocycles. The molecule has 2 aromatic heterocycles. The smallest absolute Gasteiger partial charge is 0.217 e.